The smallest absolute Gasteiger partial charge is 0.255 e. The average Bonchev–Trinajstić information content (AvgIpc) is 2.63. The topological polar surface area (TPSA) is 54.5 Å². The monoisotopic (exact) mass is 397 g/mol. The van der Waals surface area contributed by atoms with E-state index >= 15 is 0 Å². The van der Waals surface area contributed by atoms with Gasteiger partial charge in [-0.15, -0.1) is 0 Å². The van der Waals surface area contributed by atoms with Gasteiger partial charge in [-0.2, -0.15) is 0 Å². The third-order valence-electron chi connectivity index (χ3n) is 4.17. The number of morpholine rings is 1. The number of carbonyl (C=O) groups excluding carboxylic acids is 1. The highest BCUT2D eigenvalue weighted by atomic mass is 35.5. The summed E-state index contributed by atoms with van der Waals surface area (Å²) in [5.41, 5.74) is 1.15. The van der Waals surface area contributed by atoms with Crippen LogP contribution in [0.1, 0.15) is 28.9 Å². The maximum Gasteiger partial charge on any atom is 0.255 e. The maximum atomic E-state index is 13.2. The molecule has 1 aromatic heterocycles. The van der Waals surface area contributed by atoms with Gasteiger partial charge in [0, 0.05) is 24.3 Å². The molecule has 1 aromatic carbocycles. The Morgan fingerprint density at radius 2 is 2.00 bits per heavy atom. The number of anilines is 1. The lowest BCUT2D eigenvalue weighted by atomic mass is 10.1. The molecule has 0 bridgehead atoms. The Balaban J connectivity index is 1.74. The zero-order valence-corrected chi connectivity index (χ0v) is 15.6. The number of hydrogen-bond acceptors (Lipinski definition) is 4. The number of ether oxygens (including phenoxy) is 1. The minimum absolute atomic E-state index is 0.121. The lowest BCUT2D eigenvalue weighted by Gasteiger charge is -2.27. The molecule has 1 N–H and O–H groups in total. The normalized spacial score (nSPS) is 15.6. The van der Waals surface area contributed by atoms with Gasteiger partial charge < -0.3 is 15.0 Å². The third kappa shape index (κ3) is 4.26. The third-order valence-corrected chi connectivity index (χ3v) is 4.78. The molecule has 2 aromatic rings. The number of carbonyl (C=O) groups is 1. The number of halogens is 3. The number of nitrogens with zero attached hydrogens (tertiary/aromatic N) is 2. The number of hydrogen-bond donors (Lipinski definition) is 1. The Morgan fingerprint density at radius 1 is 1.27 bits per heavy atom. The van der Waals surface area contributed by atoms with Crippen molar-refractivity contribution in [3.8, 4) is 0 Å². The van der Waals surface area contributed by atoms with Crippen LogP contribution in [0, 0.1) is 5.82 Å². The van der Waals surface area contributed by atoms with E-state index in [1.54, 1.807) is 17.0 Å². The number of amides is 1. The van der Waals surface area contributed by atoms with Gasteiger partial charge in [0.2, 0.25) is 0 Å². The van der Waals surface area contributed by atoms with Crippen LogP contribution in [0.3, 0.4) is 0 Å². The van der Waals surface area contributed by atoms with Crippen LogP contribution >= 0.6 is 23.2 Å². The van der Waals surface area contributed by atoms with Crippen molar-refractivity contribution in [2.75, 3.05) is 31.6 Å². The van der Waals surface area contributed by atoms with Crippen molar-refractivity contribution in [3.05, 3.63) is 57.5 Å². The van der Waals surface area contributed by atoms with E-state index in [1.165, 1.54) is 18.3 Å². The summed E-state index contributed by atoms with van der Waals surface area (Å²) in [5.74, 6) is -0.0879. The van der Waals surface area contributed by atoms with E-state index in [0.717, 1.165) is 5.56 Å². The van der Waals surface area contributed by atoms with Crippen LogP contribution in [0.2, 0.25) is 10.0 Å². The Bertz CT molecular complexity index is 813. The number of nitrogens with one attached hydrogen (secondary N) is 1. The van der Waals surface area contributed by atoms with Gasteiger partial charge >= 0.3 is 0 Å². The number of pyridine rings is 1. The first-order chi connectivity index (χ1) is 12.5. The van der Waals surface area contributed by atoms with Gasteiger partial charge in [-0.05, 0) is 30.7 Å². The van der Waals surface area contributed by atoms with Gasteiger partial charge in [0.1, 0.15) is 11.6 Å². The highest BCUT2D eigenvalue weighted by Gasteiger charge is 2.20. The summed E-state index contributed by atoms with van der Waals surface area (Å²) in [4.78, 5) is 18.5. The van der Waals surface area contributed by atoms with E-state index in [4.69, 9.17) is 27.9 Å². The summed E-state index contributed by atoms with van der Waals surface area (Å²) in [6.07, 6.45) is 1.49. The second-order valence-electron chi connectivity index (χ2n) is 5.99. The van der Waals surface area contributed by atoms with Crippen LogP contribution in [-0.4, -0.2) is 42.1 Å². The van der Waals surface area contributed by atoms with Crippen molar-refractivity contribution in [1.29, 1.82) is 0 Å². The SMILES string of the molecule is CC(Nc1ncc(C(=O)N2CCOCC2)cc1Cl)c1ccc(F)cc1Cl. The molecule has 26 heavy (non-hydrogen) atoms. The van der Waals surface area contributed by atoms with E-state index in [0.29, 0.717) is 47.7 Å². The highest BCUT2D eigenvalue weighted by Crippen LogP contribution is 2.29. The van der Waals surface area contributed by atoms with Crippen molar-refractivity contribution in [2.24, 2.45) is 0 Å². The van der Waals surface area contributed by atoms with Crippen molar-refractivity contribution < 1.29 is 13.9 Å². The standard InChI is InChI=1S/C18H18Cl2FN3O2/c1-11(14-3-2-13(21)9-15(14)19)23-17-16(20)8-12(10-22-17)18(25)24-4-6-26-7-5-24/h2-3,8-11H,4-7H2,1H3,(H,22,23). The molecular weight excluding hydrogens is 380 g/mol. The molecule has 0 aliphatic carbocycles. The first-order valence-electron chi connectivity index (χ1n) is 8.20. The predicted octanol–water partition coefficient (Wildman–Crippen LogP) is 4.17. The van der Waals surface area contributed by atoms with Gasteiger partial charge in [0.15, 0.2) is 0 Å². The maximum absolute atomic E-state index is 13.2. The number of rotatable bonds is 4. The van der Waals surface area contributed by atoms with Crippen LogP contribution in [0.25, 0.3) is 0 Å². The van der Waals surface area contributed by atoms with E-state index in [2.05, 4.69) is 10.3 Å². The molecule has 5 nitrogen and oxygen atoms in total. The van der Waals surface area contributed by atoms with Crippen LogP contribution < -0.4 is 5.32 Å². The molecule has 2 heterocycles. The molecule has 0 spiro atoms. The Hall–Kier alpha value is -1.89. The van der Waals surface area contributed by atoms with Crippen molar-refractivity contribution in [1.82, 2.24) is 9.88 Å². The van der Waals surface area contributed by atoms with Crippen molar-refractivity contribution >= 4 is 34.9 Å². The molecule has 0 saturated carbocycles. The first kappa shape index (κ1) is 18.9. The fraction of sp³-hybridized carbons (Fsp3) is 0.333. The second kappa shape index (κ2) is 8.20. The van der Waals surface area contributed by atoms with Gasteiger partial charge in [0.05, 0.1) is 29.8 Å². The van der Waals surface area contributed by atoms with Gasteiger partial charge in [-0.3, -0.25) is 4.79 Å². The summed E-state index contributed by atoms with van der Waals surface area (Å²) < 4.78 is 18.4. The summed E-state index contributed by atoms with van der Waals surface area (Å²) in [7, 11) is 0. The fourth-order valence-corrected chi connectivity index (χ4v) is 3.30. The molecule has 1 fully saturated rings. The largest absolute Gasteiger partial charge is 0.378 e. The van der Waals surface area contributed by atoms with Gasteiger partial charge in [0.25, 0.3) is 5.91 Å². The van der Waals surface area contributed by atoms with Crippen molar-refractivity contribution in [2.45, 2.75) is 13.0 Å². The van der Waals surface area contributed by atoms with Crippen LogP contribution in [0.4, 0.5) is 10.2 Å². The summed E-state index contributed by atoms with van der Waals surface area (Å²) in [6, 6.07) is 5.56. The number of benzene rings is 1. The zero-order valence-electron chi connectivity index (χ0n) is 14.1. The molecule has 1 unspecified atom stereocenters. The molecule has 1 amide bonds. The zero-order chi connectivity index (χ0) is 18.7. The second-order valence-corrected chi connectivity index (χ2v) is 6.81. The summed E-state index contributed by atoms with van der Waals surface area (Å²) in [6.45, 7) is 4.03. The Morgan fingerprint density at radius 3 is 2.65 bits per heavy atom. The molecule has 8 heteroatoms. The molecule has 138 valence electrons. The Kier molecular flexibility index (Phi) is 5.96. The molecule has 0 radical (unpaired) electrons. The lowest BCUT2D eigenvalue weighted by Crippen LogP contribution is -2.40. The molecule has 1 atom stereocenters. The van der Waals surface area contributed by atoms with Crippen LogP contribution in [0.5, 0.6) is 0 Å². The van der Waals surface area contributed by atoms with E-state index in [9.17, 15) is 9.18 Å². The average molecular weight is 398 g/mol. The predicted molar refractivity (Wildman–Crippen MR) is 99.4 cm³/mol. The highest BCUT2D eigenvalue weighted by molar-refractivity contribution is 6.33. The minimum atomic E-state index is -0.395. The lowest BCUT2D eigenvalue weighted by molar-refractivity contribution is 0.0302. The number of aromatic nitrogens is 1. The van der Waals surface area contributed by atoms with E-state index in [-0.39, 0.29) is 11.9 Å². The minimum Gasteiger partial charge on any atom is -0.378 e. The molecule has 1 aliphatic rings. The summed E-state index contributed by atoms with van der Waals surface area (Å²) in [5, 5.41) is 3.79. The van der Waals surface area contributed by atoms with Gasteiger partial charge in [-0.1, -0.05) is 29.3 Å². The molecule has 1 saturated heterocycles. The first-order valence-corrected chi connectivity index (χ1v) is 8.95. The molecular formula is C18H18Cl2FN3O2. The van der Waals surface area contributed by atoms with Crippen LogP contribution in [-0.2, 0) is 4.74 Å². The van der Waals surface area contributed by atoms with E-state index in [1.807, 2.05) is 6.92 Å². The molecule has 3 rings (SSSR count). The van der Waals surface area contributed by atoms with Crippen molar-refractivity contribution in [3.63, 3.8) is 0 Å². The van der Waals surface area contributed by atoms with Gasteiger partial charge in [-0.25, -0.2) is 9.37 Å². The quantitative estimate of drug-likeness (QED) is 0.840. The van der Waals surface area contributed by atoms with E-state index < -0.39 is 5.82 Å². The van der Waals surface area contributed by atoms with Crippen LogP contribution in [0.15, 0.2) is 30.5 Å². The fourth-order valence-electron chi connectivity index (χ4n) is 2.75. The molecule has 1 aliphatic heterocycles. The Labute approximate surface area is 161 Å². The summed E-state index contributed by atoms with van der Waals surface area (Å²) >= 11 is 12.4.